The van der Waals surface area contributed by atoms with Gasteiger partial charge in [-0.3, -0.25) is 0 Å². The Morgan fingerprint density at radius 2 is 1.27 bits per heavy atom. The maximum atomic E-state index is 5.20. The number of hydrogen-bond donors (Lipinski definition) is 0. The van der Waals surface area contributed by atoms with Crippen LogP contribution in [0.3, 0.4) is 0 Å². The van der Waals surface area contributed by atoms with Crippen molar-refractivity contribution >= 4 is 0 Å². The summed E-state index contributed by atoms with van der Waals surface area (Å²) in [5.41, 5.74) is 1.64. The largest absolute Gasteiger partial charge is 0.472 e. The molecule has 0 unspecified atom stereocenters. The van der Waals surface area contributed by atoms with Gasteiger partial charge in [0.2, 0.25) is 0 Å². The second-order valence-corrected chi connectivity index (χ2v) is 6.49. The SMILES string of the molecule is CC.CC.CC(C)(C)c1ccco1.CC(C)(C)c1ccoc1. The first kappa shape index (κ1) is 22.8. The molecule has 0 saturated carbocycles. The summed E-state index contributed by atoms with van der Waals surface area (Å²) in [6.45, 7) is 20.9. The van der Waals surface area contributed by atoms with Crippen LogP contribution in [0.4, 0.5) is 0 Å². The minimum Gasteiger partial charge on any atom is -0.472 e. The smallest absolute Gasteiger partial charge is 0.109 e. The molecule has 2 heteroatoms. The van der Waals surface area contributed by atoms with Gasteiger partial charge in [0.05, 0.1) is 18.8 Å². The minimum atomic E-state index is 0.156. The molecule has 0 spiro atoms. The summed E-state index contributed by atoms with van der Waals surface area (Å²) in [7, 11) is 0. The Morgan fingerprint density at radius 3 is 1.45 bits per heavy atom. The topological polar surface area (TPSA) is 26.3 Å². The normalized spacial score (nSPS) is 10.3. The molecule has 0 bridgehead atoms. The van der Waals surface area contributed by atoms with E-state index < -0.39 is 0 Å². The molecule has 2 aromatic heterocycles. The van der Waals surface area contributed by atoms with Crippen LogP contribution in [0.25, 0.3) is 0 Å². The number of furan rings is 2. The lowest BCUT2D eigenvalue weighted by molar-refractivity contribution is 0.409. The molecule has 0 N–H and O–H groups in total. The minimum absolute atomic E-state index is 0.156. The first-order chi connectivity index (χ1) is 10.2. The van der Waals surface area contributed by atoms with Crippen LogP contribution >= 0.6 is 0 Å². The van der Waals surface area contributed by atoms with E-state index in [1.54, 1.807) is 18.8 Å². The van der Waals surface area contributed by atoms with Crippen LogP contribution in [0.1, 0.15) is 80.6 Å². The summed E-state index contributed by atoms with van der Waals surface area (Å²) >= 11 is 0. The number of hydrogen-bond acceptors (Lipinski definition) is 2. The predicted molar refractivity (Wildman–Crippen MR) is 97.5 cm³/mol. The fourth-order valence-corrected chi connectivity index (χ4v) is 1.40. The predicted octanol–water partition coefficient (Wildman–Crippen LogP) is 7.21. The van der Waals surface area contributed by atoms with Gasteiger partial charge >= 0.3 is 0 Å². The molecule has 0 fully saturated rings. The van der Waals surface area contributed by atoms with E-state index in [0.29, 0.717) is 0 Å². The van der Waals surface area contributed by atoms with Crippen LogP contribution in [0.5, 0.6) is 0 Å². The van der Waals surface area contributed by atoms with Crippen molar-refractivity contribution in [3.8, 4) is 0 Å². The summed E-state index contributed by atoms with van der Waals surface area (Å²) in [5.74, 6) is 1.04. The van der Waals surface area contributed by atoms with E-state index in [-0.39, 0.29) is 10.8 Å². The van der Waals surface area contributed by atoms with Crippen LogP contribution in [0.2, 0.25) is 0 Å². The highest BCUT2D eigenvalue weighted by molar-refractivity contribution is 5.15. The van der Waals surface area contributed by atoms with Gasteiger partial charge in [0, 0.05) is 5.41 Å². The molecular weight excluding hydrogens is 272 g/mol. The monoisotopic (exact) mass is 308 g/mol. The lowest BCUT2D eigenvalue weighted by Gasteiger charge is -2.14. The first-order valence-corrected chi connectivity index (χ1v) is 8.28. The molecule has 0 aliphatic heterocycles. The van der Waals surface area contributed by atoms with Crippen molar-refractivity contribution in [3.05, 3.63) is 48.3 Å². The Morgan fingerprint density at radius 1 is 0.727 bits per heavy atom. The molecule has 0 amide bonds. The molecule has 128 valence electrons. The van der Waals surface area contributed by atoms with Crippen LogP contribution in [-0.2, 0) is 10.8 Å². The Kier molecular flexibility index (Phi) is 11.6. The summed E-state index contributed by atoms with van der Waals surface area (Å²) in [4.78, 5) is 0. The molecule has 2 nitrogen and oxygen atoms in total. The van der Waals surface area contributed by atoms with Crippen molar-refractivity contribution in [1.82, 2.24) is 0 Å². The highest BCUT2D eigenvalue weighted by Crippen LogP contribution is 2.22. The van der Waals surface area contributed by atoms with Crippen molar-refractivity contribution in [3.63, 3.8) is 0 Å². The van der Waals surface area contributed by atoms with Crippen LogP contribution < -0.4 is 0 Å². The first-order valence-electron chi connectivity index (χ1n) is 8.28. The Balaban J connectivity index is 0. The lowest BCUT2D eigenvalue weighted by atomic mass is 9.89. The van der Waals surface area contributed by atoms with E-state index in [1.165, 1.54) is 5.56 Å². The van der Waals surface area contributed by atoms with E-state index >= 15 is 0 Å². The van der Waals surface area contributed by atoms with Crippen LogP contribution in [0.15, 0.2) is 45.8 Å². The molecule has 0 aromatic carbocycles. The van der Waals surface area contributed by atoms with E-state index in [2.05, 4.69) is 41.5 Å². The Bertz CT molecular complexity index is 379. The van der Waals surface area contributed by atoms with Gasteiger partial charge in [-0.25, -0.2) is 0 Å². The second-order valence-electron chi connectivity index (χ2n) is 6.49. The molecule has 2 rings (SSSR count). The quantitative estimate of drug-likeness (QED) is 0.514. The molecule has 0 atom stereocenters. The van der Waals surface area contributed by atoms with Gasteiger partial charge in [-0.1, -0.05) is 69.2 Å². The van der Waals surface area contributed by atoms with Gasteiger partial charge in [0.25, 0.3) is 0 Å². The van der Waals surface area contributed by atoms with Gasteiger partial charge in [-0.15, -0.1) is 0 Å². The fourth-order valence-electron chi connectivity index (χ4n) is 1.40. The summed E-state index contributed by atoms with van der Waals surface area (Å²) in [6, 6.07) is 5.92. The third kappa shape index (κ3) is 9.49. The summed E-state index contributed by atoms with van der Waals surface area (Å²) in [5, 5.41) is 0. The van der Waals surface area contributed by atoms with Crippen molar-refractivity contribution in [1.29, 1.82) is 0 Å². The zero-order chi connectivity index (χ0) is 17.8. The molecule has 2 aromatic rings. The molecule has 0 aliphatic rings. The molecular formula is C20H36O2. The third-order valence-corrected chi connectivity index (χ3v) is 2.65. The average molecular weight is 309 g/mol. The molecule has 0 saturated heterocycles. The molecule has 22 heavy (non-hydrogen) atoms. The fraction of sp³-hybridized carbons (Fsp3) is 0.600. The van der Waals surface area contributed by atoms with E-state index in [1.807, 2.05) is 45.9 Å². The Labute approximate surface area is 137 Å². The van der Waals surface area contributed by atoms with Gasteiger partial charge in [0.1, 0.15) is 5.76 Å². The van der Waals surface area contributed by atoms with Gasteiger partial charge < -0.3 is 8.83 Å². The average Bonchev–Trinajstić information content (AvgIpc) is 3.16. The standard InChI is InChI=1S/2C8H12O.2C2H6/c1-8(2,3)7-4-5-9-6-7;1-8(2,3)7-5-4-6-9-7;2*1-2/h2*4-6H,1-3H3;2*1-2H3. The summed E-state index contributed by atoms with van der Waals surface area (Å²) in [6.07, 6.45) is 5.21. The van der Waals surface area contributed by atoms with Crippen LogP contribution in [0, 0.1) is 0 Å². The van der Waals surface area contributed by atoms with Crippen molar-refractivity contribution in [2.45, 2.75) is 80.1 Å². The van der Waals surface area contributed by atoms with E-state index in [4.69, 9.17) is 8.83 Å². The Hall–Kier alpha value is -1.44. The van der Waals surface area contributed by atoms with Gasteiger partial charge in [-0.05, 0) is 29.2 Å². The molecule has 0 aliphatic carbocycles. The van der Waals surface area contributed by atoms with Crippen molar-refractivity contribution in [2.24, 2.45) is 0 Å². The van der Waals surface area contributed by atoms with Crippen molar-refractivity contribution < 1.29 is 8.83 Å². The second kappa shape index (κ2) is 11.2. The van der Waals surface area contributed by atoms with Gasteiger partial charge in [-0.2, -0.15) is 0 Å². The summed E-state index contributed by atoms with van der Waals surface area (Å²) < 4.78 is 10.1. The molecule has 2 heterocycles. The third-order valence-electron chi connectivity index (χ3n) is 2.65. The highest BCUT2D eigenvalue weighted by Gasteiger charge is 2.15. The van der Waals surface area contributed by atoms with E-state index in [9.17, 15) is 0 Å². The molecule has 0 radical (unpaired) electrons. The maximum absolute atomic E-state index is 5.20. The zero-order valence-electron chi connectivity index (χ0n) is 16.3. The lowest BCUT2D eigenvalue weighted by Crippen LogP contribution is -2.08. The van der Waals surface area contributed by atoms with Gasteiger partial charge in [0.15, 0.2) is 0 Å². The number of rotatable bonds is 0. The maximum Gasteiger partial charge on any atom is 0.109 e. The highest BCUT2D eigenvalue weighted by atomic mass is 16.3. The van der Waals surface area contributed by atoms with Crippen LogP contribution in [-0.4, -0.2) is 0 Å². The van der Waals surface area contributed by atoms with E-state index in [0.717, 1.165) is 5.76 Å². The van der Waals surface area contributed by atoms with Crippen molar-refractivity contribution in [2.75, 3.05) is 0 Å². The zero-order valence-corrected chi connectivity index (χ0v) is 16.3.